The van der Waals surface area contributed by atoms with Crippen molar-refractivity contribution >= 4 is 38.1 Å². The molecule has 1 aromatic carbocycles. The molecule has 0 atom stereocenters. The molecule has 0 spiro atoms. The van der Waals surface area contributed by atoms with E-state index in [9.17, 15) is 18.0 Å². The first-order chi connectivity index (χ1) is 16.8. The number of fused-ring (bicyclic) bond motifs is 1. The van der Waals surface area contributed by atoms with E-state index in [0.29, 0.717) is 29.0 Å². The van der Waals surface area contributed by atoms with Crippen LogP contribution in [0.25, 0.3) is 11.5 Å². The number of hydrogen-bond acceptors (Lipinski definition) is 11. The largest absolute Gasteiger partial charge is 0.497 e. The molecule has 186 valence electrons. The lowest BCUT2D eigenvalue weighted by Crippen LogP contribution is -2.24. The molecular weight excluding hydrogens is 498 g/mol. The van der Waals surface area contributed by atoms with Crippen LogP contribution in [0, 0.1) is 0 Å². The molecule has 0 saturated carbocycles. The van der Waals surface area contributed by atoms with Crippen LogP contribution in [0.5, 0.6) is 11.5 Å². The standard InChI is InChI=1S/C22H23N3O8S2/c1-4-32-21(27)18-13-6-5-7-16(13)34-20(18)23-17(26)11-35(28,29)22-25-24-19(33-22)14-10-12(30-2)8-9-15(14)31-3/h8-10H,4-7,11H2,1-3H3,(H,23,26). The van der Waals surface area contributed by atoms with Gasteiger partial charge in [-0.3, -0.25) is 4.79 Å². The summed E-state index contributed by atoms with van der Waals surface area (Å²) in [4.78, 5) is 26.1. The van der Waals surface area contributed by atoms with Crippen molar-refractivity contribution in [2.45, 2.75) is 31.4 Å². The average molecular weight is 522 g/mol. The van der Waals surface area contributed by atoms with Crippen LogP contribution in [0.15, 0.2) is 27.8 Å². The summed E-state index contributed by atoms with van der Waals surface area (Å²) in [6.45, 7) is 1.87. The number of carbonyl (C=O) groups excluding carboxylic acids is 2. The van der Waals surface area contributed by atoms with E-state index in [0.717, 1.165) is 23.3 Å². The third kappa shape index (κ3) is 5.00. The highest BCUT2D eigenvalue weighted by Gasteiger charge is 2.31. The number of sulfone groups is 1. The number of aromatic nitrogens is 2. The van der Waals surface area contributed by atoms with Crippen molar-refractivity contribution < 1.29 is 36.6 Å². The number of thiophene rings is 1. The Hall–Kier alpha value is -3.45. The van der Waals surface area contributed by atoms with E-state index in [1.807, 2.05) is 0 Å². The van der Waals surface area contributed by atoms with Crippen LogP contribution in [0.1, 0.15) is 34.1 Å². The first kappa shape index (κ1) is 24.7. The number of rotatable bonds is 9. The second kappa shape index (κ2) is 10.0. The third-order valence-corrected chi connectivity index (χ3v) is 7.83. The molecule has 0 unspecified atom stereocenters. The molecule has 1 aliphatic rings. The first-order valence-electron chi connectivity index (χ1n) is 10.7. The molecule has 0 saturated heterocycles. The van der Waals surface area contributed by atoms with Crippen LogP contribution in [0.2, 0.25) is 0 Å². The van der Waals surface area contributed by atoms with Crippen molar-refractivity contribution in [2.75, 3.05) is 31.9 Å². The number of methoxy groups -OCH3 is 2. The van der Waals surface area contributed by atoms with Gasteiger partial charge < -0.3 is 23.9 Å². The van der Waals surface area contributed by atoms with Gasteiger partial charge in [0, 0.05) is 4.88 Å². The summed E-state index contributed by atoms with van der Waals surface area (Å²) in [7, 11) is -1.36. The molecule has 1 N–H and O–H groups in total. The van der Waals surface area contributed by atoms with E-state index in [-0.39, 0.29) is 17.5 Å². The number of anilines is 1. The number of aryl methyl sites for hydroxylation is 1. The second-order valence-electron chi connectivity index (χ2n) is 7.53. The summed E-state index contributed by atoms with van der Waals surface area (Å²) in [5.74, 6) is -1.60. The smallest absolute Gasteiger partial charge is 0.341 e. The van der Waals surface area contributed by atoms with Crippen molar-refractivity contribution in [3.8, 4) is 23.0 Å². The predicted octanol–water partition coefficient (Wildman–Crippen LogP) is 2.89. The Morgan fingerprint density at radius 1 is 1.17 bits per heavy atom. The summed E-state index contributed by atoms with van der Waals surface area (Å²) < 4.78 is 46.6. The Balaban J connectivity index is 1.54. The molecule has 1 amide bonds. The van der Waals surface area contributed by atoms with E-state index in [1.54, 1.807) is 25.1 Å². The lowest BCUT2D eigenvalue weighted by Gasteiger charge is -2.08. The average Bonchev–Trinajstić information content (AvgIpc) is 3.55. The van der Waals surface area contributed by atoms with Gasteiger partial charge in [-0.1, -0.05) is 5.10 Å². The van der Waals surface area contributed by atoms with Crippen molar-refractivity contribution in [1.82, 2.24) is 10.2 Å². The number of carbonyl (C=O) groups is 2. The number of nitrogens with one attached hydrogen (secondary N) is 1. The summed E-state index contributed by atoms with van der Waals surface area (Å²) in [5.41, 5.74) is 1.47. The Labute approximate surface area is 205 Å². The van der Waals surface area contributed by atoms with Gasteiger partial charge in [0.15, 0.2) is 0 Å². The monoisotopic (exact) mass is 521 g/mol. The van der Waals surface area contributed by atoms with Gasteiger partial charge in [-0.25, -0.2) is 13.2 Å². The number of esters is 1. The van der Waals surface area contributed by atoms with Crippen LogP contribution >= 0.6 is 11.3 Å². The molecule has 0 bridgehead atoms. The van der Waals surface area contributed by atoms with Gasteiger partial charge >= 0.3 is 11.2 Å². The van der Waals surface area contributed by atoms with Gasteiger partial charge in [-0.2, -0.15) is 0 Å². The molecular formula is C22H23N3O8S2. The molecule has 1 aliphatic carbocycles. The van der Waals surface area contributed by atoms with Crippen LogP contribution in [-0.4, -0.2) is 57.1 Å². The Morgan fingerprint density at radius 2 is 1.97 bits per heavy atom. The number of amides is 1. The van der Waals surface area contributed by atoms with Crippen molar-refractivity contribution in [3.63, 3.8) is 0 Å². The minimum Gasteiger partial charge on any atom is -0.497 e. The summed E-state index contributed by atoms with van der Waals surface area (Å²) in [6, 6.07) is 4.83. The first-order valence-corrected chi connectivity index (χ1v) is 13.1. The molecule has 0 aliphatic heterocycles. The fourth-order valence-corrected chi connectivity index (χ4v) is 5.94. The quantitative estimate of drug-likeness (QED) is 0.417. The summed E-state index contributed by atoms with van der Waals surface area (Å²) in [5, 5.41) is 9.52. The van der Waals surface area contributed by atoms with Crippen molar-refractivity contribution in [3.05, 3.63) is 34.2 Å². The Bertz CT molecular complexity index is 1380. The third-order valence-electron chi connectivity index (χ3n) is 5.28. The van der Waals surface area contributed by atoms with Crippen molar-refractivity contribution in [1.29, 1.82) is 0 Å². The molecule has 0 fully saturated rings. The predicted molar refractivity (Wildman–Crippen MR) is 126 cm³/mol. The van der Waals surface area contributed by atoms with Crippen LogP contribution in [0.3, 0.4) is 0 Å². The van der Waals surface area contributed by atoms with E-state index < -0.39 is 32.7 Å². The van der Waals surface area contributed by atoms with Crippen molar-refractivity contribution in [2.24, 2.45) is 0 Å². The highest BCUT2D eigenvalue weighted by molar-refractivity contribution is 7.91. The van der Waals surface area contributed by atoms with Crippen LogP contribution < -0.4 is 14.8 Å². The second-order valence-corrected chi connectivity index (χ2v) is 10.5. The zero-order valence-corrected chi connectivity index (χ0v) is 20.9. The minimum atomic E-state index is -4.28. The van der Waals surface area contributed by atoms with Gasteiger partial charge in [-0.05, 0) is 49.9 Å². The highest BCUT2D eigenvalue weighted by Crippen LogP contribution is 2.39. The van der Waals surface area contributed by atoms with E-state index in [2.05, 4.69) is 15.5 Å². The molecule has 3 aromatic rings. The maximum atomic E-state index is 12.8. The zero-order valence-electron chi connectivity index (χ0n) is 19.2. The molecule has 4 rings (SSSR count). The van der Waals surface area contributed by atoms with Gasteiger partial charge in [0.25, 0.3) is 5.89 Å². The summed E-state index contributed by atoms with van der Waals surface area (Å²) in [6.07, 6.45) is 2.40. The van der Waals surface area contributed by atoms with E-state index in [1.165, 1.54) is 25.6 Å². The number of hydrogen-bond donors (Lipinski definition) is 1. The number of benzene rings is 1. The Kier molecular flexibility index (Phi) is 7.08. The fourth-order valence-electron chi connectivity index (χ4n) is 3.73. The molecule has 35 heavy (non-hydrogen) atoms. The van der Waals surface area contributed by atoms with Crippen LogP contribution in [-0.2, 0) is 32.2 Å². The zero-order chi connectivity index (χ0) is 25.2. The molecule has 0 radical (unpaired) electrons. The maximum absolute atomic E-state index is 12.8. The minimum absolute atomic E-state index is 0.112. The van der Waals surface area contributed by atoms with E-state index >= 15 is 0 Å². The fraction of sp³-hybridized carbons (Fsp3) is 0.364. The summed E-state index contributed by atoms with van der Waals surface area (Å²) >= 11 is 1.26. The van der Waals surface area contributed by atoms with Gasteiger partial charge in [0.1, 0.15) is 22.3 Å². The lowest BCUT2D eigenvalue weighted by atomic mass is 10.1. The van der Waals surface area contributed by atoms with Gasteiger partial charge in [0.2, 0.25) is 15.7 Å². The van der Waals surface area contributed by atoms with Crippen LogP contribution in [0.4, 0.5) is 5.00 Å². The SMILES string of the molecule is CCOC(=O)c1c(NC(=O)CS(=O)(=O)c2nnc(-c3cc(OC)ccc3OC)o2)sc2c1CCC2. The Morgan fingerprint density at radius 3 is 2.69 bits per heavy atom. The maximum Gasteiger partial charge on any atom is 0.341 e. The van der Waals surface area contributed by atoms with Gasteiger partial charge in [0.05, 0.1) is 32.0 Å². The molecule has 2 aromatic heterocycles. The number of nitrogens with zero attached hydrogens (tertiary/aromatic N) is 2. The molecule has 2 heterocycles. The lowest BCUT2D eigenvalue weighted by molar-refractivity contribution is -0.113. The van der Waals surface area contributed by atoms with E-state index in [4.69, 9.17) is 18.6 Å². The molecule has 11 nitrogen and oxygen atoms in total. The van der Waals surface area contributed by atoms with Gasteiger partial charge in [-0.15, -0.1) is 16.4 Å². The number of ether oxygens (including phenoxy) is 3. The normalized spacial score (nSPS) is 12.8. The topological polar surface area (TPSA) is 147 Å². The highest BCUT2D eigenvalue weighted by atomic mass is 32.2. The molecule has 13 heteroatoms.